The minimum atomic E-state index is 0.533. The molecule has 0 unspecified atom stereocenters. The number of pyridine rings is 1. The summed E-state index contributed by atoms with van der Waals surface area (Å²) in [6.07, 6.45) is 1.83. The SMILES string of the molecule is N#Cc1ccccc1-c1nnc2ccc(-c3ccc(N4CCOCC4)nc3)nn12. The predicted octanol–water partition coefficient (Wildman–Crippen LogP) is 2.56. The first-order valence-corrected chi connectivity index (χ1v) is 9.34. The molecule has 142 valence electrons. The zero-order valence-electron chi connectivity index (χ0n) is 15.6. The highest BCUT2D eigenvalue weighted by atomic mass is 16.5. The van der Waals surface area contributed by atoms with Crippen LogP contribution in [0.4, 0.5) is 5.82 Å². The van der Waals surface area contributed by atoms with Crippen LogP contribution in [0.1, 0.15) is 5.56 Å². The van der Waals surface area contributed by atoms with Crippen molar-refractivity contribution in [3.63, 3.8) is 0 Å². The van der Waals surface area contributed by atoms with Crippen LogP contribution >= 0.6 is 0 Å². The second-order valence-electron chi connectivity index (χ2n) is 6.67. The molecule has 4 heterocycles. The summed E-state index contributed by atoms with van der Waals surface area (Å²) < 4.78 is 7.07. The fourth-order valence-corrected chi connectivity index (χ4v) is 3.40. The lowest BCUT2D eigenvalue weighted by Crippen LogP contribution is -2.36. The lowest BCUT2D eigenvalue weighted by molar-refractivity contribution is 0.122. The Bertz CT molecular complexity index is 1200. The van der Waals surface area contributed by atoms with E-state index >= 15 is 0 Å². The number of nitriles is 1. The van der Waals surface area contributed by atoms with Gasteiger partial charge >= 0.3 is 0 Å². The number of nitrogens with zero attached hydrogens (tertiary/aromatic N) is 7. The molecular weight excluding hydrogens is 366 g/mol. The Hall–Kier alpha value is -3.83. The number of morpholine rings is 1. The molecule has 0 aliphatic carbocycles. The van der Waals surface area contributed by atoms with Gasteiger partial charge < -0.3 is 9.64 Å². The Morgan fingerprint density at radius 3 is 2.62 bits per heavy atom. The Balaban J connectivity index is 1.52. The first-order valence-electron chi connectivity index (χ1n) is 9.34. The van der Waals surface area contributed by atoms with E-state index in [2.05, 4.69) is 26.2 Å². The van der Waals surface area contributed by atoms with Gasteiger partial charge in [-0.25, -0.2) is 4.98 Å². The van der Waals surface area contributed by atoms with Crippen molar-refractivity contribution in [2.75, 3.05) is 31.2 Å². The summed E-state index contributed by atoms with van der Waals surface area (Å²) >= 11 is 0. The maximum absolute atomic E-state index is 9.41. The van der Waals surface area contributed by atoms with Crippen LogP contribution in [0.15, 0.2) is 54.7 Å². The van der Waals surface area contributed by atoms with Crippen molar-refractivity contribution in [1.29, 1.82) is 5.26 Å². The van der Waals surface area contributed by atoms with E-state index in [1.807, 2.05) is 48.7 Å². The van der Waals surface area contributed by atoms with Gasteiger partial charge in [0.2, 0.25) is 0 Å². The fourth-order valence-electron chi connectivity index (χ4n) is 3.40. The van der Waals surface area contributed by atoms with Gasteiger partial charge in [-0.3, -0.25) is 0 Å². The summed E-state index contributed by atoms with van der Waals surface area (Å²) in [6, 6.07) is 17.3. The molecule has 0 saturated carbocycles. The van der Waals surface area contributed by atoms with Gasteiger partial charge in [0.15, 0.2) is 11.5 Å². The third-order valence-electron chi connectivity index (χ3n) is 4.93. The van der Waals surface area contributed by atoms with Gasteiger partial charge in [0.05, 0.1) is 30.5 Å². The first kappa shape index (κ1) is 17.3. The standard InChI is InChI=1S/C21H17N7O/c22-13-15-3-1-2-4-17(15)21-25-24-20-8-6-18(26-28(20)21)16-5-7-19(23-14-16)27-9-11-29-12-10-27/h1-8,14H,9-12H2. The number of aromatic nitrogens is 5. The number of anilines is 1. The Labute approximate surface area is 167 Å². The first-order chi connectivity index (χ1) is 14.3. The maximum atomic E-state index is 9.41. The molecule has 0 spiro atoms. The second-order valence-corrected chi connectivity index (χ2v) is 6.67. The molecule has 4 aromatic rings. The van der Waals surface area contributed by atoms with Crippen LogP contribution in [-0.4, -0.2) is 51.1 Å². The molecule has 29 heavy (non-hydrogen) atoms. The molecule has 8 nitrogen and oxygen atoms in total. The molecule has 1 fully saturated rings. The summed E-state index contributed by atoms with van der Waals surface area (Å²) in [5, 5.41) is 22.6. The molecular formula is C21H17N7O. The van der Waals surface area contributed by atoms with E-state index in [1.54, 1.807) is 10.6 Å². The van der Waals surface area contributed by atoms with Gasteiger partial charge in [0.1, 0.15) is 5.82 Å². The zero-order valence-corrected chi connectivity index (χ0v) is 15.6. The van der Waals surface area contributed by atoms with E-state index in [4.69, 9.17) is 9.84 Å². The largest absolute Gasteiger partial charge is 0.378 e. The second kappa shape index (κ2) is 7.30. The molecule has 0 bridgehead atoms. The quantitative estimate of drug-likeness (QED) is 0.537. The van der Waals surface area contributed by atoms with Crippen LogP contribution < -0.4 is 4.90 Å². The minimum absolute atomic E-state index is 0.533. The summed E-state index contributed by atoms with van der Waals surface area (Å²) in [6.45, 7) is 3.14. The van der Waals surface area contributed by atoms with Crippen molar-refractivity contribution in [3.05, 3.63) is 60.3 Å². The Kier molecular flexibility index (Phi) is 4.35. The van der Waals surface area contributed by atoms with Crippen molar-refractivity contribution in [1.82, 2.24) is 24.8 Å². The van der Waals surface area contributed by atoms with Gasteiger partial charge in [0, 0.05) is 30.4 Å². The van der Waals surface area contributed by atoms with Gasteiger partial charge in [-0.15, -0.1) is 10.2 Å². The van der Waals surface area contributed by atoms with Crippen LogP contribution in [0.25, 0.3) is 28.3 Å². The molecule has 3 aromatic heterocycles. The minimum Gasteiger partial charge on any atom is -0.378 e. The third-order valence-corrected chi connectivity index (χ3v) is 4.93. The fraction of sp³-hybridized carbons (Fsp3) is 0.190. The van der Waals surface area contributed by atoms with Gasteiger partial charge in [0.25, 0.3) is 0 Å². The van der Waals surface area contributed by atoms with E-state index in [0.29, 0.717) is 22.6 Å². The predicted molar refractivity (Wildman–Crippen MR) is 107 cm³/mol. The summed E-state index contributed by atoms with van der Waals surface area (Å²) in [7, 11) is 0. The van der Waals surface area contributed by atoms with Gasteiger partial charge in [-0.1, -0.05) is 12.1 Å². The summed E-state index contributed by atoms with van der Waals surface area (Å²) in [4.78, 5) is 6.81. The summed E-state index contributed by atoms with van der Waals surface area (Å²) in [5.41, 5.74) is 3.51. The number of hydrogen-bond acceptors (Lipinski definition) is 7. The molecule has 1 aliphatic rings. The monoisotopic (exact) mass is 383 g/mol. The molecule has 5 rings (SSSR count). The normalized spacial score (nSPS) is 14.1. The number of rotatable bonds is 3. The highest BCUT2D eigenvalue weighted by Crippen LogP contribution is 2.24. The third kappa shape index (κ3) is 3.17. The smallest absolute Gasteiger partial charge is 0.186 e. The average Bonchev–Trinajstić information content (AvgIpc) is 3.23. The van der Waals surface area contributed by atoms with E-state index < -0.39 is 0 Å². The van der Waals surface area contributed by atoms with Crippen LogP contribution in [0.2, 0.25) is 0 Å². The van der Waals surface area contributed by atoms with Gasteiger partial charge in [-0.05, 0) is 36.4 Å². The molecule has 8 heteroatoms. The van der Waals surface area contributed by atoms with Gasteiger partial charge in [-0.2, -0.15) is 14.9 Å². The lowest BCUT2D eigenvalue weighted by Gasteiger charge is -2.27. The van der Waals surface area contributed by atoms with E-state index in [1.165, 1.54) is 0 Å². The number of benzene rings is 1. The number of fused-ring (bicyclic) bond motifs is 1. The highest BCUT2D eigenvalue weighted by Gasteiger charge is 2.15. The van der Waals surface area contributed by atoms with Crippen LogP contribution in [-0.2, 0) is 4.74 Å². The topological polar surface area (TPSA) is 92.2 Å². The number of ether oxygens (including phenoxy) is 1. The Morgan fingerprint density at radius 2 is 1.83 bits per heavy atom. The van der Waals surface area contributed by atoms with E-state index in [9.17, 15) is 5.26 Å². The van der Waals surface area contributed by atoms with Crippen molar-refractivity contribution in [2.24, 2.45) is 0 Å². The van der Waals surface area contributed by atoms with Crippen LogP contribution in [0.5, 0.6) is 0 Å². The average molecular weight is 383 g/mol. The Morgan fingerprint density at radius 1 is 0.966 bits per heavy atom. The van der Waals surface area contributed by atoms with E-state index in [0.717, 1.165) is 43.4 Å². The molecule has 0 N–H and O–H groups in total. The zero-order chi connectivity index (χ0) is 19.6. The highest BCUT2D eigenvalue weighted by molar-refractivity contribution is 5.68. The summed E-state index contributed by atoms with van der Waals surface area (Å²) in [5.74, 6) is 1.47. The van der Waals surface area contributed by atoms with Crippen LogP contribution in [0.3, 0.4) is 0 Å². The van der Waals surface area contributed by atoms with E-state index in [-0.39, 0.29) is 0 Å². The van der Waals surface area contributed by atoms with Crippen molar-refractivity contribution in [2.45, 2.75) is 0 Å². The lowest BCUT2D eigenvalue weighted by atomic mass is 10.1. The molecule has 1 saturated heterocycles. The molecule has 1 aliphatic heterocycles. The van der Waals surface area contributed by atoms with Crippen molar-refractivity contribution < 1.29 is 4.74 Å². The van der Waals surface area contributed by atoms with Crippen molar-refractivity contribution >= 4 is 11.5 Å². The molecule has 0 atom stereocenters. The number of hydrogen-bond donors (Lipinski definition) is 0. The van der Waals surface area contributed by atoms with Crippen LogP contribution in [0, 0.1) is 11.3 Å². The molecule has 0 radical (unpaired) electrons. The molecule has 1 aromatic carbocycles. The molecule has 0 amide bonds. The maximum Gasteiger partial charge on any atom is 0.186 e. The van der Waals surface area contributed by atoms with Crippen molar-refractivity contribution in [3.8, 4) is 28.7 Å².